The molecule has 0 aromatic heterocycles. The van der Waals surface area contributed by atoms with Gasteiger partial charge in [0.25, 0.3) is 0 Å². The summed E-state index contributed by atoms with van der Waals surface area (Å²) in [4.78, 5) is 0. The molecule has 3 heteroatoms. The smallest absolute Gasteiger partial charge is 0.0872 e. The molecule has 0 spiro atoms. The van der Waals surface area contributed by atoms with Crippen molar-refractivity contribution in [3.8, 4) is 0 Å². The van der Waals surface area contributed by atoms with E-state index in [1.54, 1.807) is 0 Å². The van der Waals surface area contributed by atoms with Gasteiger partial charge in [0.2, 0.25) is 0 Å². The van der Waals surface area contributed by atoms with Gasteiger partial charge in [-0.3, -0.25) is 0 Å². The highest BCUT2D eigenvalue weighted by atomic mass is 127. The van der Waals surface area contributed by atoms with E-state index < -0.39 is 0 Å². The molecule has 0 aromatic rings. The molecule has 0 atom stereocenters. The first-order valence-electron chi connectivity index (χ1n) is 3.44. The van der Waals surface area contributed by atoms with Crippen LogP contribution in [0, 0.1) is 0 Å². The predicted octanol–water partition coefficient (Wildman–Crippen LogP) is -1.55. The average molecular weight is 275 g/mol. The highest BCUT2D eigenvalue weighted by Gasteiger charge is 2.04. The maximum atomic E-state index is 2.23. The van der Waals surface area contributed by atoms with E-state index in [0.29, 0.717) is 0 Å². The molecular formula is C7H18INS. The lowest BCUT2D eigenvalue weighted by molar-refractivity contribution is -0.867. The lowest BCUT2D eigenvalue weighted by atomic mass is 10.6. The summed E-state index contributed by atoms with van der Waals surface area (Å²) >= 11 is 2.02. The van der Waals surface area contributed by atoms with Crippen LogP contribution >= 0.6 is 11.8 Å². The molecule has 0 saturated heterocycles. The number of hydrogen-bond acceptors (Lipinski definition) is 1. The molecule has 0 saturated carbocycles. The van der Waals surface area contributed by atoms with Gasteiger partial charge >= 0.3 is 0 Å². The molecule has 1 nitrogen and oxygen atoms in total. The third-order valence-electron chi connectivity index (χ3n) is 1.11. The molecule has 0 aliphatic rings. The summed E-state index contributed by atoms with van der Waals surface area (Å²) < 4.78 is 1.09. The fourth-order valence-electron chi connectivity index (χ4n) is 0.483. The molecule has 0 aliphatic heterocycles. The lowest BCUT2D eigenvalue weighted by Gasteiger charge is -2.23. The zero-order valence-electron chi connectivity index (χ0n) is 7.35. The molecule has 0 fully saturated rings. The van der Waals surface area contributed by atoms with E-state index in [-0.39, 0.29) is 24.0 Å². The first-order valence-corrected chi connectivity index (χ1v) is 4.60. The van der Waals surface area contributed by atoms with Gasteiger partial charge in [-0.2, -0.15) is 11.8 Å². The van der Waals surface area contributed by atoms with Gasteiger partial charge in [-0.05, 0) is 5.75 Å². The number of thioether (sulfide) groups is 1. The summed E-state index contributed by atoms with van der Waals surface area (Å²) in [5, 5.41) is 0. The largest absolute Gasteiger partial charge is 1.00 e. The second-order valence-corrected chi connectivity index (χ2v) is 4.60. The van der Waals surface area contributed by atoms with Crippen molar-refractivity contribution < 1.29 is 28.5 Å². The molecule has 0 radical (unpaired) electrons. The summed E-state index contributed by atoms with van der Waals surface area (Å²) in [6, 6.07) is 0. The van der Waals surface area contributed by atoms with E-state index >= 15 is 0 Å². The summed E-state index contributed by atoms with van der Waals surface area (Å²) in [5.74, 6) is 2.54. The van der Waals surface area contributed by atoms with E-state index in [9.17, 15) is 0 Å². The summed E-state index contributed by atoms with van der Waals surface area (Å²) in [5.41, 5.74) is 0. The Morgan fingerprint density at radius 3 is 2.00 bits per heavy atom. The zero-order chi connectivity index (χ0) is 7.33. The van der Waals surface area contributed by atoms with Gasteiger partial charge in [-0.1, -0.05) is 6.92 Å². The summed E-state index contributed by atoms with van der Waals surface area (Å²) in [6.07, 6.45) is 0. The number of halogens is 1. The molecule has 0 aliphatic carbocycles. The molecule has 0 rings (SSSR count). The van der Waals surface area contributed by atoms with Gasteiger partial charge < -0.3 is 28.5 Å². The van der Waals surface area contributed by atoms with Crippen molar-refractivity contribution in [3.05, 3.63) is 0 Å². The van der Waals surface area contributed by atoms with Crippen LogP contribution in [0.15, 0.2) is 0 Å². The Kier molecular flexibility index (Phi) is 9.17. The first-order chi connectivity index (χ1) is 4.06. The van der Waals surface area contributed by atoms with Crippen molar-refractivity contribution in [3.63, 3.8) is 0 Å². The van der Waals surface area contributed by atoms with Crippen molar-refractivity contribution in [2.75, 3.05) is 39.2 Å². The van der Waals surface area contributed by atoms with E-state index in [0.717, 1.165) is 4.48 Å². The molecular weight excluding hydrogens is 257 g/mol. The maximum Gasteiger partial charge on any atom is 0.0872 e. The van der Waals surface area contributed by atoms with Crippen molar-refractivity contribution in [1.29, 1.82) is 0 Å². The SMILES string of the molecule is CCSCC[N+](C)(C)C.[I-]. The van der Waals surface area contributed by atoms with Crippen LogP contribution in [0.25, 0.3) is 0 Å². The van der Waals surface area contributed by atoms with E-state index in [1.807, 2.05) is 11.8 Å². The normalized spacial score (nSPS) is 10.8. The van der Waals surface area contributed by atoms with Crippen LogP contribution in [0.4, 0.5) is 0 Å². The molecule has 0 aromatic carbocycles. The molecule has 0 heterocycles. The quantitative estimate of drug-likeness (QED) is 0.340. The van der Waals surface area contributed by atoms with Crippen LogP contribution < -0.4 is 24.0 Å². The molecule has 64 valence electrons. The Morgan fingerprint density at radius 2 is 1.70 bits per heavy atom. The second kappa shape index (κ2) is 6.73. The summed E-state index contributed by atoms with van der Waals surface area (Å²) in [6.45, 7) is 3.48. The molecule has 10 heavy (non-hydrogen) atoms. The number of rotatable bonds is 4. The Bertz CT molecular complexity index is 70.5. The van der Waals surface area contributed by atoms with Crippen LogP contribution in [-0.2, 0) is 0 Å². The van der Waals surface area contributed by atoms with E-state index in [4.69, 9.17) is 0 Å². The van der Waals surface area contributed by atoms with Crippen molar-refractivity contribution >= 4 is 11.8 Å². The molecule has 0 amide bonds. The van der Waals surface area contributed by atoms with Crippen molar-refractivity contribution in [2.45, 2.75) is 6.92 Å². The van der Waals surface area contributed by atoms with Gasteiger partial charge in [0.1, 0.15) is 0 Å². The van der Waals surface area contributed by atoms with Crippen molar-refractivity contribution in [1.82, 2.24) is 0 Å². The van der Waals surface area contributed by atoms with Crippen molar-refractivity contribution in [2.24, 2.45) is 0 Å². The Hall–Kier alpha value is 1.04. The number of nitrogens with zero attached hydrogens (tertiary/aromatic N) is 1. The average Bonchev–Trinajstić information content (AvgIpc) is 1.63. The second-order valence-electron chi connectivity index (χ2n) is 3.21. The highest BCUT2D eigenvalue weighted by molar-refractivity contribution is 7.99. The first kappa shape index (κ1) is 13.6. The Labute approximate surface area is 86.2 Å². The monoisotopic (exact) mass is 275 g/mol. The minimum absolute atomic E-state index is 0. The summed E-state index contributed by atoms with van der Waals surface area (Å²) in [7, 11) is 6.70. The van der Waals surface area contributed by atoms with Gasteiger partial charge in [0.05, 0.1) is 27.7 Å². The predicted molar refractivity (Wildman–Crippen MR) is 45.9 cm³/mol. The van der Waals surface area contributed by atoms with Crippen LogP contribution in [0.2, 0.25) is 0 Å². The third-order valence-corrected chi connectivity index (χ3v) is 1.99. The van der Waals surface area contributed by atoms with Crippen LogP contribution in [0.1, 0.15) is 6.92 Å². The maximum absolute atomic E-state index is 2.23. The Balaban J connectivity index is 0. The lowest BCUT2D eigenvalue weighted by Crippen LogP contribution is -3.00. The third kappa shape index (κ3) is 11.8. The van der Waals surface area contributed by atoms with E-state index in [2.05, 4.69) is 28.1 Å². The number of quaternary nitrogens is 1. The van der Waals surface area contributed by atoms with Crippen LogP contribution in [0.5, 0.6) is 0 Å². The van der Waals surface area contributed by atoms with Gasteiger partial charge in [-0.15, -0.1) is 0 Å². The van der Waals surface area contributed by atoms with Gasteiger partial charge in [0.15, 0.2) is 0 Å². The van der Waals surface area contributed by atoms with Gasteiger partial charge in [-0.25, -0.2) is 0 Å². The zero-order valence-corrected chi connectivity index (χ0v) is 10.3. The standard InChI is InChI=1S/C7H18NS.HI/c1-5-9-7-6-8(2,3)4;/h5-7H2,1-4H3;1H/q+1;/p-1. The number of hydrogen-bond donors (Lipinski definition) is 0. The molecule has 0 N–H and O–H groups in total. The Morgan fingerprint density at radius 1 is 1.20 bits per heavy atom. The molecule has 0 bridgehead atoms. The fraction of sp³-hybridized carbons (Fsp3) is 1.00. The minimum atomic E-state index is 0. The van der Waals surface area contributed by atoms with E-state index in [1.165, 1.54) is 18.1 Å². The van der Waals surface area contributed by atoms with Crippen LogP contribution in [-0.4, -0.2) is 43.7 Å². The van der Waals surface area contributed by atoms with Crippen LogP contribution in [0.3, 0.4) is 0 Å². The minimum Gasteiger partial charge on any atom is -1.00 e. The molecule has 0 unspecified atom stereocenters. The topological polar surface area (TPSA) is 0 Å². The highest BCUT2D eigenvalue weighted by Crippen LogP contribution is 2.00. The fourth-order valence-corrected chi connectivity index (χ4v) is 1.45. The van der Waals surface area contributed by atoms with Gasteiger partial charge in [0, 0.05) is 5.75 Å².